The Kier molecular flexibility index (Phi) is 4.97. The first kappa shape index (κ1) is 16.5. The molecule has 0 fully saturated rings. The zero-order valence-corrected chi connectivity index (χ0v) is 13.7. The van der Waals surface area contributed by atoms with Crippen molar-refractivity contribution >= 4 is 11.6 Å². The summed E-state index contributed by atoms with van der Waals surface area (Å²) < 4.78 is 5.62. The van der Waals surface area contributed by atoms with Crippen molar-refractivity contribution in [1.82, 2.24) is 4.98 Å². The molecule has 0 saturated heterocycles. The molecule has 5 heteroatoms. The highest BCUT2D eigenvalue weighted by molar-refractivity contribution is 5.95. The maximum absolute atomic E-state index is 12.4. The Bertz CT molecular complexity index is 755. The lowest BCUT2D eigenvalue weighted by molar-refractivity contribution is -0.122. The number of carbonyl (C=O) groups excluding carboxylic acids is 1. The molecule has 2 rings (SSSR count). The maximum Gasteiger partial charge on any atom is 0.265 e. The molecule has 0 bridgehead atoms. The van der Waals surface area contributed by atoms with Gasteiger partial charge in [-0.2, -0.15) is 5.26 Å². The van der Waals surface area contributed by atoms with Gasteiger partial charge in [0.15, 0.2) is 6.10 Å². The molecule has 23 heavy (non-hydrogen) atoms. The van der Waals surface area contributed by atoms with Crippen molar-refractivity contribution in [3.63, 3.8) is 0 Å². The summed E-state index contributed by atoms with van der Waals surface area (Å²) in [6, 6.07) is 10.8. The molecule has 5 nitrogen and oxygen atoms in total. The van der Waals surface area contributed by atoms with E-state index in [2.05, 4.69) is 10.3 Å². The summed E-state index contributed by atoms with van der Waals surface area (Å²) in [6.07, 6.45) is -0.732. The predicted molar refractivity (Wildman–Crippen MR) is 88.3 cm³/mol. The van der Waals surface area contributed by atoms with Gasteiger partial charge in [0, 0.05) is 5.69 Å². The number of pyridine rings is 1. The number of hydrogen-bond acceptors (Lipinski definition) is 4. The van der Waals surface area contributed by atoms with Gasteiger partial charge in [0.05, 0.1) is 16.9 Å². The van der Waals surface area contributed by atoms with Crippen LogP contribution < -0.4 is 10.1 Å². The van der Waals surface area contributed by atoms with Crippen LogP contribution in [0, 0.1) is 32.1 Å². The quantitative estimate of drug-likeness (QED) is 0.940. The number of aromatic nitrogens is 1. The van der Waals surface area contributed by atoms with E-state index in [0.29, 0.717) is 17.0 Å². The molecule has 118 valence electrons. The molecule has 2 aromatic rings. The first-order valence-corrected chi connectivity index (χ1v) is 7.34. The molecule has 1 unspecified atom stereocenters. The summed E-state index contributed by atoms with van der Waals surface area (Å²) in [7, 11) is 0. The van der Waals surface area contributed by atoms with Crippen LogP contribution in [-0.2, 0) is 4.79 Å². The van der Waals surface area contributed by atoms with Gasteiger partial charge in [-0.15, -0.1) is 0 Å². The molecular weight excluding hydrogens is 290 g/mol. The fourth-order valence-corrected chi connectivity index (χ4v) is 2.34. The topological polar surface area (TPSA) is 75.0 Å². The second-order valence-corrected chi connectivity index (χ2v) is 5.40. The smallest absolute Gasteiger partial charge is 0.265 e. The lowest BCUT2D eigenvalue weighted by atomic mass is 10.1. The van der Waals surface area contributed by atoms with Crippen LogP contribution in [0.15, 0.2) is 30.3 Å². The van der Waals surface area contributed by atoms with Crippen LogP contribution in [0.25, 0.3) is 0 Å². The van der Waals surface area contributed by atoms with E-state index in [1.165, 1.54) is 0 Å². The number of carbonyl (C=O) groups is 1. The van der Waals surface area contributed by atoms with E-state index in [1.807, 2.05) is 32.9 Å². The molecule has 0 aliphatic carbocycles. The molecule has 0 saturated carbocycles. The number of anilines is 1. The largest absolute Gasteiger partial charge is 0.480 e. The fourth-order valence-electron chi connectivity index (χ4n) is 2.34. The lowest BCUT2D eigenvalue weighted by Gasteiger charge is -2.17. The van der Waals surface area contributed by atoms with Gasteiger partial charge in [-0.3, -0.25) is 9.78 Å². The molecule has 1 aromatic heterocycles. The molecule has 0 aliphatic heterocycles. The molecule has 0 aliphatic rings. The summed E-state index contributed by atoms with van der Waals surface area (Å²) >= 11 is 0. The van der Waals surface area contributed by atoms with Crippen LogP contribution in [0.2, 0.25) is 0 Å². The van der Waals surface area contributed by atoms with Gasteiger partial charge in [-0.25, -0.2) is 0 Å². The molecule has 1 amide bonds. The van der Waals surface area contributed by atoms with Crippen molar-refractivity contribution < 1.29 is 9.53 Å². The van der Waals surface area contributed by atoms with E-state index in [-0.39, 0.29) is 5.91 Å². The fraction of sp³-hybridized carbons (Fsp3) is 0.278. The minimum Gasteiger partial charge on any atom is -0.480 e. The normalized spacial score (nSPS) is 11.4. The van der Waals surface area contributed by atoms with E-state index in [1.54, 1.807) is 31.2 Å². The van der Waals surface area contributed by atoms with Gasteiger partial charge in [-0.05, 0) is 51.5 Å². The number of para-hydroxylation sites is 1. The zero-order valence-electron chi connectivity index (χ0n) is 13.7. The highest BCUT2D eigenvalue weighted by Gasteiger charge is 2.18. The number of hydrogen-bond donors (Lipinski definition) is 1. The lowest BCUT2D eigenvalue weighted by Crippen LogP contribution is -2.31. The summed E-state index contributed by atoms with van der Waals surface area (Å²) in [5.41, 5.74) is 3.72. The first-order valence-electron chi connectivity index (χ1n) is 7.34. The molecular formula is C18H19N3O2. The van der Waals surface area contributed by atoms with Crippen molar-refractivity contribution in [3.8, 4) is 11.8 Å². The van der Waals surface area contributed by atoms with Gasteiger partial charge < -0.3 is 10.1 Å². The maximum atomic E-state index is 12.4. The number of nitrogens with one attached hydrogen (secondary N) is 1. The predicted octanol–water partition coefficient (Wildman–Crippen LogP) is 3.28. The van der Waals surface area contributed by atoms with Crippen molar-refractivity contribution in [2.75, 3.05) is 5.32 Å². The number of amides is 1. The Morgan fingerprint density at radius 2 is 2.00 bits per heavy atom. The summed E-state index contributed by atoms with van der Waals surface area (Å²) in [5, 5.41) is 11.9. The SMILES string of the molecule is Cc1cc(C)c(NC(=O)C(C)Oc2ccccc2C#N)c(C)n1. The van der Waals surface area contributed by atoms with Crippen LogP contribution in [-0.4, -0.2) is 17.0 Å². The Morgan fingerprint density at radius 1 is 1.30 bits per heavy atom. The Labute approximate surface area is 135 Å². The second kappa shape index (κ2) is 6.93. The zero-order chi connectivity index (χ0) is 17.0. The van der Waals surface area contributed by atoms with Crippen molar-refractivity contribution in [3.05, 3.63) is 52.8 Å². The van der Waals surface area contributed by atoms with E-state index in [9.17, 15) is 4.79 Å². The van der Waals surface area contributed by atoms with Crippen LogP contribution in [0.5, 0.6) is 5.75 Å². The number of benzene rings is 1. The third-order valence-corrected chi connectivity index (χ3v) is 3.45. The monoisotopic (exact) mass is 309 g/mol. The Morgan fingerprint density at radius 3 is 2.65 bits per heavy atom. The summed E-state index contributed by atoms with van der Waals surface area (Å²) in [6.45, 7) is 7.34. The standard InChI is InChI=1S/C18H19N3O2/c1-11-9-12(2)20-13(3)17(11)21-18(22)14(4)23-16-8-6-5-7-15(16)10-19/h5-9,14H,1-4H3,(H,21,22). The molecule has 0 radical (unpaired) electrons. The third kappa shape index (κ3) is 3.86. The average molecular weight is 309 g/mol. The number of nitrogens with zero attached hydrogens (tertiary/aromatic N) is 2. The van der Waals surface area contributed by atoms with Crippen LogP contribution >= 0.6 is 0 Å². The first-order chi connectivity index (χ1) is 10.9. The highest BCUT2D eigenvalue weighted by Crippen LogP contribution is 2.21. The highest BCUT2D eigenvalue weighted by atomic mass is 16.5. The minimum absolute atomic E-state index is 0.283. The Hall–Kier alpha value is -2.87. The molecule has 1 heterocycles. The van der Waals surface area contributed by atoms with E-state index < -0.39 is 6.10 Å². The molecule has 0 spiro atoms. The number of rotatable bonds is 4. The van der Waals surface area contributed by atoms with Crippen LogP contribution in [0.3, 0.4) is 0 Å². The van der Waals surface area contributed by atoms with Gasteiger partial charge in [0.1, 0.15) is 11.8 Å². The third-order valence-electron chi connectivity index (χ3n) is 3.45. The van der Waals surface area contributed by atoms with Crippen LogP contribution in [0.1, 0.15) is 29.4 Å². The molecule has 1 N–H and O–H groups in total. The molecule has 1 aromatic carbocycles. The van der Waals surface area contributed by atoms with Gasteiger partial charge in [-0.1, -0.05) is 12.1 Å². The molecule has 1 atom stereocenters. The van der Waals surface area contributed by atoms with Gasteiger partial charge >= 0.3 is 0 Å². The Balaban J connectivity index is 2.14. The minimum atomic E-state index is -0.732. The summed E-state index contributed by atoms with van der Waals surface area (Å²) in [5.74, 6) is 0.114. The van der Waals surface area contributed by atoms with E-state index >= 15 is 0 Å². The van der Waals surface area contributed by atoms with E-state index in [4.69, 9.17) is 10.00 Å². The average Bonchev–Trinajstić information content (AvgIpc) is 2.51. The van der Waals surface area contributed by atoms with Crippen molar-refractivity contribution in [1.29, 1.82) is 5.26 Å². The van der Waals surface area contributed by atoms with Gasteiger partial charge in [0.25, 0.3) is 5.91 Å². The second-order valence-electron chi connectivity index (χ2n) is 5.40. The van der Waals surface area contributed by atoms with Crippen molar-refractivity contribution in [2.24, 2.45) is 0 Å². The number of nitriles is 1. The van der Waals surface area contributed by atoms with Crippen LogP contribution in [0.4, 0.5) is 5.69 Å². The van der Waals surface area contributed by atoms with E-state index in [0.717, 1.165) is 17.0 Å². The van der Waals surface area contributed by atoms with Crippen molar-refractivity contribution in [2.45, 2.75) is 33.8 Å². The van der Waals surface area contributed by atoms with Gasteiger partial charge in [0.2, 0.25) is 0 Å². The number of aryl methyl sites for hydroxylation is 3. The summed E-state index contributed by atoms with van der Waals surface area (Å²) in [4.78, 5) is 16.7. The number of ether oxygens (including phenoxy) is 1.